The molecule has 0 atom stereocenters. The molecule has 19 heavy (non-hydrogen) atoms. The fourth-order valence-corrected chi connectivity index (χ4v) is 2.83. The standard InChI is InChI=1S/C12H11N3O3S/c1-7-8-10(19-9(7)12(17)18)14-6-15(11(8)16)5-3-2-4-13/h6H,2-3,5H2,1H3,(H,17,18). The van der Waals surface area contributed by atoms with Gasteiger partial charge in [0.1, 0.15) is 9.71 Å². The molecule has 0 amide bonds. The Hall–Kier alpha value is -2.20. The molecular formula is C12H11N3O3S. The van der Waals surface area contributed by atoms with Gasteiger partial charge in [0.25, 0.3) is 5.56 Å². The molecule has 2 aromatic rings. The van der Waals surface area contributed by atoms with E-state index in [2.05, 4.69) is 4.98 Å². The Bertz CT molecular complexity index is 739. The van der Waals surface area contributed by atoms with Gasteiger partial charge in [-0.2, -0.15) is 5.26 Å². The zero-order valence-corrected chi connectivity index (χ0v) is 11.0. The van der Waals surface area contributed by atoms with Crippen molar-refractivity contribution in [1.82, 2.24) is 9.55 Å². The third-order valence-electron chi connectivity index (χ3n) is 2.80. The third kappa shape index (κ3) is 2.35. The van der Waals surface area contributed by atoms with Crippen LogP contribution in [0.25, 0.3) is 10.2 Å². The number of rotatable bonds is 4. The average molecular weight is 277 g/mol. The highest BCUT2D eigenvalue weighted by atomic mass is 32.1. The summed E-state index contributed by atoms with van der Waals surface area (Å²) in [7, 11) is 0. The van der Waals surface area contributed by atoms with Crippen LogP contribution in [0.2, 0.25) is 0 Å². The lowest BCUT2D eigenvalue weighted by Crippen LogP contribution is -2.20. The molecular weight excluding hydrogens is 266 g/mol. The van der Waals surface area contributed by atoms with E-state index in [1.807, 2.05) is 6.07 Å². The summed E-state index contributed by atoms with van der Waals surface area (Å²) in [5, 5.41) is 17.9. The largest absolute Gasteiger partial charge is 0.477 e. The predicted octanol–water partition coefficient (Wildman–Crippen LogP) is 1.77. The number of hydrogen-bond donors (Lipinski definition) is 1. The molecule has 1 N–H and O–H groups in total. The maximum Gasteiger partial charge on any atom is 0.346 e. The zero-order valence-electron chi connectivity index (χ0n) is 10.2. The summed E-state index contributed by atoms with van der Waals surface area (Å²) in [6.45, 7) is 2.03. The van der Waals surface area contributed by atoms with E-state index in [0.29, 0.717) is 35.2 Å². The number of hydrogen-bond acceptors (Lipinski definition) is 5. The number of nitrogens with zero attached hydrogens (tertiary/aromatic N) is 3. The molecule has 98 valence electrons. The first-order chi connectivity index (χ1) is 9.06. The molecule has 0 aromatic carbocycles. The van der Waals surface area contributed by atoms with Crippen LogP contribution >= 0.6 is 11.3 Å². The van der Waals surface area contributed by atoms with E-state index in [1.54, 1.807) is 6.92 Å². The lowest BCUT2D eigenvalue weighted by molar-refractivity contribution is 0.0701. The molecule has 0 aliphatic rings. The van der Waals surface area contributed by atoms with Crippen LogP contribution in [-0.2, 0) is 6.54 Å². The Labute approximate surface area is 112 Å². The Morgan fingerprint density at radius 1 is 1.63 bits per heavy atom. The molecule has 0 saturated carbocycles. The summed E-state index contributed by atoms with van der Waals surface area (Å²) in [4.78, 5) is 28.0. The number of carboxylic acids is 1. The van der Waals surface area contributed by atoms with E-state index in [4.69, 9.17) is 10.4 Å². The van der Waals surface area contributed by atoms with Crippen molar-refractivity contribution >= 4 is 27.5 Å². The van der Waals surface area contributed by atoms with Crippen molar-refractivity contribution < 1.29 is 9.90 Å². The predicted molar refractivity (Wildman–Crippen MR) is 70.4 cm³/mol. The summed E-state index contributed by atoms with van der Waals surface area (Å²) in [5.41, 5.74) is 0.212. The van der Waals surface area contributed by atoms with Crippen molar-refractivity contribution in [2.45, 2.75) is 26.3 Å². The number of nitriles is 1. The number of thiophene rings is 1. The van der Waals surface area contributed by atoms with Crippen molar-refractivity contribution in [2.24, 2.45) is 0 Å². The zero-order chi connectivity index (χ0) is 14.0. The Morgan fingerprint density at radius 3 is 3.00 bits per heavy atom. The minimum absolute atomic E-state index is 0.148. The van der Waals surface area contributed by atoms with Gasteiger partial charge in [0.05, 0.1) is 17.8 Å². The summed E-state index contributed by atoms with van der Waals surface area (Å²) in [6.07, 6.45) is 2.34. The van der Waals surface area contributed by atoms with Crippen LogP contribution in [0.4, 0.5) is 0 Å². The van der Waals surface area contributed by atoms with E-state index in [9.17, 15) is 9.59 Å². The first-order valence-electron chi connectivity index (χ1n) is 5.65. The fourth-order valence-electron chi connectivity index (χ4n) is 1.85. The maximum atomic E-state index is 12.2. The molecule has 0 fully saturated rings. The SMILES string of the molecule is Cc1c(C(=O)O)sc2ncn(CCCC#N)c(=O)c12. The van der Waals surface area contributed by atoms with E-state index in [1.165, 1.54) is 10.9 Å². The second-order valence-electron chi connectivity index (χ2n) is 4.05. The third-order valence-corrected chi connectivity index (χ3v) is 3.99. The minimum atomic E-state index is -1.05. The average Bonchev–Trinajstić information content (AvgIpc) is 2.71. The topological polar surface area (TPSA) is 96.0 Å². The van der Waals surface area contributed by atoms with Gasteiger partial charge in [0.2, 0.25) is 0 Å². The van der Waals surface area contributed by atoms with Gasteiger partial charge in [0.15, 0.2) is 0 Å². The van der Waals surface area contributed by atoms with Crippen LogP contribution in [-0.4, -0.2) is 20.6 Å². The summed E-state index contributed by atoms with van der Waals surface area (Å²) < 4.78 is 1.42. The van der Waals surface area contributed by atoms with Crippen LogP contribution in [0.3, 0.4) is 0 Å². The molecule has 0 radical (unpaired) electrons. The van der Waals surface area contributed by atoms with Crippen LogP contribution in [0.1, 0.15) is 28.1 Å². The molecule has 2 heterocycles. The number of fused-ring (bicyclic) bond motifs is 1. The first kappa shape index (κ1) is 13.2. The maximum absolute atomic E-state index is 12.2. The van der Waals surface area contributed by atoms with Crippen molar-refractivity contribution in [2.75, 3.05) is 0 Å². The van der Waals surface area contributed by atoms with Crippen molar-refractivity contribution in [3.63, 3.8) is 0 Å². The van der Waals surface area contributed by atoms with Gasteiger partial charge >= 0.3 is 5.97 Å². The summed E-state index contributed by atoms with van der Waals surface area (Å²) >= 11 is 1.01. The fraction of sp³-hybridized carbons (Fsp3) is 0.333. The Kier molecular flexibility index (Phi) is 3.62. The van der Waals surface area contributed by atoms with Crippen molar-refractivity contribution in [1.29, 1.82) is 5.26 Å². The van der Waals surface area contributed by atoms with Gasteiger partial charge in [-0.15, -0.1) is 11.3 Å². The van der Waals surface area contributed by atoms with E-state index in [0.717, 1.165) is 11.3 Å². The van der Waals surface area contributed by atoms with Gasteiger partial charge in [-0.1, -0.05) is 0 Å². The molecule has 0 aliphatic heterocycles. The highest BCUT2D eigenvalue weighted by Gasteiger charge is 2.18. The lowest BCUT2D eigenvalue weighted by atomic mass is 10.2. The summed E-state index contributed by atoms with van der Waals surface area (Å²) in [6, 6.07) is 2.01. The quantitative estimate of drug-likeness (QED) is 0.859. The summed E-state index contributed by atoms with van der Waals surface area (Å²) in [5.74, 6) is -1.05. The van der Waals surface area contributed by atoms with Crippen LogP contribution in [0.15, 0.2) is 11.1 Å². The van der Waals surface area contributed by atoms with Crippen molar-refractivity contribution in [3.8, 4) is 6.07 Å². The number of carboxylic acid groups (broad SMARTS) is 1. The number of aryl methyl sites for hydroxylation is 2. The van der Waals surface area contributed by atoms with Crippen molar-refractivity contribution in [3.05, 3.63) is 27.1 Å². The molecule has 2 aromatic heterocycles. The molecule has 7 heteroatoms. The lowest BCUT2D eigenvalue weighted by Gasteiger charge is -2.03. The second-order valence-corrected chi connectivity index (χ2v) is 5.05. The van der Waals surface area contributed by atoms with Gasteiger partial charge < -0.3 is 5.11 Å². The van der Waals surface area contributed by atoms with Gasteiger partial charge in [0, 0.05) is 13.0 Å². The number of aromatic nitrogens is 2. The normalized spacial score (nSPS) is 10.5. The molecule has 0 aliphatic carbocycles. The molecule has 2 rings (SSSR count). The van der Waals surface area contributed by atoms with E-state index < -0.39 is 5.97 Å². The molecule has 6 nitrogen and oxygen atoms in total. The van der Waals surface area contributed by atoms with Crippen LogP contribution in [0.5, 0.6) is 0 Å². The first-order valence-corrected chi connectivity index (χ1v) is 6.46. The van der Waals surface area contributed by atoms with Gasteiger partial charge in [-0.25, -0.2) is 9.78 Å². The molecule has 0 unspecified atom stereocenters. The highest BCUT2D eigenvalue weighted by Crippen LogP contribution is 2.26. The smallest absolute Gasteiger partial charge is 0.346 e. The van der Waals surface area contributed by atoms with Crippen LogP contribution in [0, 0.1) is 18.3 Å². The minimum Gasteiger partial charge on any atom is -0.477 e. The molecule has 0 spiro atoms. The second kappa shape index (κ2) is 5.20. The molecule has 0 bridgehead atoms. The number of aromatic carboxylic acids is 1. The molecule has 0 saturated heterocycles. The number of unbranched alkanes of at least 4 members (excludes halogenated alkanes) is 1. The van der Waals surface area contributed by atoms with E-state index >= 15 is 0 Å². The van der Waals surface area contributed by atoms with Crippen LogP contribution < -0.4 is 5.56 Å². The van der Waals surface area contributed by atoms with Gasteiger partial charge in [-0.3, -0.25) is 9.36 Å². The Morgan fingerprint density at radius 2 is 2.37 bits per heavy atom. The highest BCUT2D eigenvalue weighted by molar-refractivity contribution is 7.20. The van der Waals surface area contributed by atoms with E-state index in [-0.39, 0.29) is 10.4 Å². The monoisotopic (exact) mass is 277 g/mol. The Balaban J connectivity index is 2.52. The number of carbonyl (C=O) groups is 1. The van der Waals surface area contributed by atoms with Gasteiger partial charge in [-0.05, 0) is 18.9 Å².